The molecule has 4 aliphatic carbocycles. The molecule has 49 heavy (non-hydrogen) atoms. The number of Topliss-reactive ketones (excluding diaryl/α,β-unsaturated/α-hetero) is 1. The number of ether oxygens (including phenoxy) is 5. The molecule has 262 valence electrons. The van der Waals surface area contributed by atoms with E-state index in [0.29, 0.717) is 6.42 Å². The van der Waals surface area contributed by atoms with E-state index in [1.807, 2.05) is 64.1 Å². The van der Waals surface area contributed by atoms with Gasteiger partial charge in [0.2, 0.25) is 5.79 Å². The number of hydrogen-bond acceptors (Lipinski definition) is 11. The lowest BCUT2D eigenvalue weighted by atomic mass is 9.36. The molecule has 0 unspecified atom stereocenters. The summed E-state index contributed by atoms with van der Waals surface area (Å²) in [5.41, 5.74) is -3.92. The van der Waals surface area contributed by atoms with E-state index < -0.39 is 87.1 Å². The molecule has 2 spiro atoms. The molecule has 6 fully saturated rings. The van der Waals surface area contributed by atoms with Crippen LogP contribution in [0.1, 0.15) is 84.3 Å². The topological polar surface area (TPSA) is 151 Å². The zero-order valence-electron chi connectivity index (χ0n) is 28.7. The molecule has 4 saturated carbocycles. The van der Waals surface area contributed by atoms with Crippen LogP contribution in [0.5, 0.6) is 0 Å². The molecule has 6 aliphatic rings. The van der Waals surface area contributed by atoms with Crippen molar-refractivity contribution >= 4 is 23.7 Å². The predicted molar refractivity (Wildman–Crippen MR) is 169 cm³/mol. The Morgan fingerprint density at radius 1 is 0.939 bits per heavy atom. The van der Waals surface area contributed by atoms with Gasteiger partial charge in [0.1, 0.15) is 23.9 Å². The van der Waals surface area contributed by atoms with Crippen LogP contribution >= 0.6 is 0 Å². The van der Waals surface area contributed by atoms with Crippen molar-refractivity contribution in [3.8, 4) is 0 Å². The minimum atomic E-state index is -2.22. The smallest absolute Gasteiger partial charge is 0.310 e. The molecule has 1 N–H and O–H groups in total. The largest absolute Gasteiger partial charge is 0.472 e. The number of carbonyl (C=O) groups is 4. The molecule has 1 aromatic carbocycles. The van der Waals surface area contributed by atoms with Gasteiger partial charge in [0.15, 0.2) is 5.78 Å². The second kappa shape index (κ2) is 10.3. The maximum absolute atomic E-state index is 13.9. The molecule has 3 heterocycles. The lowest BCUT2D eigenvalue weighted by Crippen LogP contribution is -2.79. The second-order valence-corrected chi connectivity index (χ2v) is 16.1. The van der Waals surface area contributed by atoms with E-state index in [1.165, 1.54) is 13.8 Å². The van der Waals surface area contributed by atoms with Gasteiger partial charge in [-0.25, -0.2) is 0 Å². The van der Waals surface area contributed by atoms with Crippen LogP contribution < -0.4 is 0 Å². The third kappa shape index (κ3) is 3.89. The molecule has 2 saturated heterocycles. The van der Waals surface area contributed by atoms with Crippen LogP contribution in [-0.4, -0.2) is 70.2 Å². The van der Waals surface area contributed by atoms with Crippen LogP contribution in [0.25, 0.3) is 0 Å². The van der Waals surface area contributed by atoms with Gasteiger partial charge in [-0.15, -0.1) is 0 Å². The highest BCUT2D eigenvalue weighted by molar-refractivity contribution is 5.90. The normalized spacial score (nSPS) is 45.3. The summed E-state index contributed by atoms with van der Waals surface area (Å²) in [7, 11) is 0. The van der Waals surface area contributed by atoms with Crippen molar-refractivity contribution < 1.29 is 52.4 Å². The minimum absolute atomic E-state index is 0.0336. The van der Waals surface area contributed by atoms with Crippen molar-refractivity contribution in [2.75, 3.05) is 0 Å². The number of hydrogen-bond donors (Lipinski definition) is 1. The molecule has 2 aliphatic heterocycles. The summed E-state index contributed by atoms with van der Waals surface area (Å²) in [5.74, 6) is -5.95. The van der Waals surface area contributed by atoms with E-state index in [9.17, 15) is 24.3 Å². The third-order valence-corrected chi connectivity index (χ3v) is 13.7. The number of ketones is 1. The number of furan rings is 1. The van der Waals surface area contributed by atoms with Crippen LogP contribution in [0.3, 0.4) is 0 Å². The highest BCUT2D eigenvalue weighted by Crippen LogP contribution is 2.85. The summed E-state index contributed by atoms with van der Waals surface area (Å²) in [5, 5.41) is 12.6. The van der Waals surface area contributed by atoms with Crippen molar-refractivity contribution in [2.24, 2.45) is 28.1 Å². The van der Waals surface area contributed by atoms with Gasteiger partial charge >= 0.3 is 17.9 Å². The summed E-state index contributed by atoms with van der Waals surface area (Å²) in [6.45, 7) is 10.3. The van der Waals surface area contributed by atoms with Gasteiger partial charge in [0, 0.05) is 54.3 Å². The predicted octanol–water partition coefficient (Wildman–Crippen LogP) is 4.43. The van der Waals surface area contributed by atoms with E-state index in [2.05, 4.69) is 0 Å². The van der Waals surface area contributed by atoms with Gasteiger partial charge in [-0.1, -0.05) is 44.2 Å². The average Bonchev–Trinajstić information content (AvgIpc) is 3.22. The second-order valence-electron chi connectivity index (χ2n) is 16.1. The Kier molecular flexibility index (Phi) is 6.84. The number of rotatable bonds is 6. The Hall–Kier alpha value is -3.54. The molecule has 0 radical (unpaired) electrons. The number of fused-ring (bicyclic) bond motifs is 1. The number of carbonyl (C=O) groups excluding carboxylic acids is 4. The highest BCUT2D eigenvalue weighted by Gasteiger charge is 2.95. The number of benzene rings is 1. The third-order valence-electron chi connectivity index (χ3n) is 13.7. The summed E-state index contributed by atoms with van der Waals surface area (Å²) in [6, 6.07) is 11.2. The zero-order valence-corrected chi connectivity index (χ0v) is 28.7. The Labute approximate surface area is 284 Å². The Morgan fingerprint density at radius 3 is 2.31 bits per heavy atom. The van der Waals surface area contributed by atoms with E-state index in [1.54, 1.807) is 12.5 Å². The summed E-state index contributed by atoms with van der Waals surface area (Å²) in [6.07, 6.45) is 1.01. The minimum Gasteiger partial charge on any atom is -0.472 e. The van der Waals surface area contributed by atoms with Gasteiger partial charge < -0.3 is 33.2 Å². The van der Waals surface area contributed by atoms with Crippen molar-refractivity contribution in [3.63, 3.8) is 0 Å². The zero-order chi connectivity index (χ0) is 34.9. The Bertz CT molecular complexity index is 1720. The SMILES string of the molecule is CC(=O)O[C@H]1[C@H](OC(C)=O)[C@]2(C)[C@@H](c3ccoc3)C[C@@H]3O[C@@]32[C@@]2(C)[C@H](OC(=O)Cc3ccccc3)C[C@H]3C(C)(C)O[C@]4(O)C(=O)CC[C@]34[C@@H]12. The molecule has 1 aromatic heterocycles. The van der Waals surface area contributed by atoms with Crippen LogP contribution in [-0.2, 0) is 49.3 Å². The van der Waals surface area contributed by atoms with E-state index in [0.717, 1.165) is 11.1 Å². The lowest BCUT2D eigenvalue weighted by molar-refractivity contribution is -0.321. The fourth-order valence-corrected chi connectivity index (χ4v) is 12.3. The maximum atomic E-state index is 13.9. The fraction of sp³-hybridized carbons (Fsp3) is 0.632. The van der Waals surface area contributed by atoms with Crippen LogP contribution in [0.15, 0.2) is 53.3 Å². The van der Waals surface area contributed by atoms with E-state index in [4.69, 9.17) is 28.1 Å². The highest BCUT2D eigenvalue weighted by atomic mass is 16.7. The maximum Gasteiger partial charge on any atom is 0.310 e. The Balaban J connectivity index is 1.38. The van der Waals surface area contributed by atoms with E-state index in [-0.39, 0.29) is 37.7 Å². The first-order valence-electron chi connectivity index (χ1n) is 17.3. The first-order valence-corrected chi connectivity index (χ1v) is 17.3. The molecular weight excluding hydrogens is 632 g/mol. The molecule has 0 amide bonds. The first kappa shape index (κ1) is 32.7. The quantitative estimate of drug-likeness (QED) is 0.263. The first-order chi connectivity index (χ1) is 23.1. The van der Waals surface area contributed by atoms with Gasteiger partial charge in [-0.2, -0.15) is 0 Å². The summed E-state index contributed by atoms with van der Waals surface area (Å²) < 4.78 is 38.1. The molecular formula is C38H44O11. The van der Waals surface area contributed by atoms with Crippen molar-refractivity contribution in [3.05, 3.63) is 60.1 Å². The summed E-state index contributed by atoms with van der Waals surface area (Å²) >= 11 is 0. The van der Waals surface area contributed by atoms with Gasteiger partial charge in [-0.05, 0) is 50.3 Å². The van der Waals surface area contributed by atoms with Crippen LogP contribution in [0.4, 0.5) is 0 Å². The van der Waals surface area contributed by atoms with Crippen LogP contribution in [0, 0.1) is 28.1 Å². The van der Waals surface area contributed by atoms with Gasteiger partial charge in [0.05, 0.1) is 30.7 Å². The molecule has 0 bridgehead atoms. The standard InChI is InChI=1S/C38H44O11/c1-20(39)45-30-31-35(6,37-28(48-37)17-24(23-13-15-44-19-23)34(37,5)32(30)46-21(2)40)27(47-29(42)16-22-10-8-7-9-11-22)18-25-33(3,4)49-38(43)26(41)12-14-36(25,31)38/h7-11,13,15,19,24-25,27-28,30-32,43H,12,14,16-18H2,1-6H3/t24-,25+,27-,28+,30-,31+,32+,34+,35+,36-,37+,38-/m1/s1. The number of aliphatic hydroxyl groups is 1. The average molecular weight is 677 g/mol. The molecule has 12 atom stereocenters. The Morgan fingerprint density at radius 2 is 1.65 bits per heavy atom. The molecule has 8 rings (SSSR count). The fourth-order valence-electron chi connectivity index (χ4n) is 12.3. The lowest BCUT2D eigenvalue weighted by Gasteiger charge is -2.68. The van der Waals surface area contributed by atoms with Gasteiger partial charge in [0.25, 0.3) is 0 Å². The van der Waals surface area contributed by atoms with Gasteiger partial charge in [-0.3, -0.25) is 19.2 Å². The molecule has 2 aromatic rings. The van der Waals surface area contributed by atoms with Crippen molar-refractivity contribution in [2.45, 2.75) is 121 Å². The number of esters is 3. The van der Waals surface area contributed by atoms with Crippen molar-refractivity contribution in [1.29, 1.82) is 0 Å². The monoisotopic (exact) mass is 676 g/mol. The molecule has 11 nitrogen and oxygen atoms in total. The summed E-state index contributed by atoms with van der Waals surface area (Å²) in [4.78, 5) is 54.0. The van der Waals surface area contributed by atoms with Crippen molar-refractivity contribution in [1.82, 2.24) is 0 Å². The molecule has 11 heteroatoms. The van der Waals surface area contributed by atoms with Crippen LogP contribution in [0.2, 0.25) is 0 Å². The van der Waals surface area contributed by atoms with E-state index >= 15 is 0 Å². The number of epoxide rings is 1.